The van der Waals surface area contributed by atoms with Gasteiger partial charge in [-0.15, -0.1) is 0 Å². The predicted octanol–water partition coefficient (Wildman–Crippen LogP) is 2.02. The van der Waals surface area contributed by atoms with Crippen LogP contribution in [0.3, 0.4) is 0 Å². The average molecular weight is 375 g/mol. The maximum absolute atomic E-state index is 12.9. The van der Waals surface area contributed by atoms with E-state index in [1.54, 1.807) is 6.92 Å². The average Bonchev–Trinajstić information content (AvgIpc) is 2.41. The smallest absolute Gasteiger partial charge is 0.239 e. The number of primary sulfonamides is 1. The van der Waals surface area contributed by atoms with Crippen LogP contribution in [0.25, 0.3) is 0 Å². The molecular weight excluding hydrogens is 360 g/mol. The predicted molar refractivity (Wildman–Crippen MR) is 88.6 cm³/mol. The summed E-state index contributed by atoms with van der Waals surface area (Å²) in [5.74, 6) is 0. The Balaban J connectivity index is 2.89. The first kappa shape index (κ1) is 17.7. The molecule has 0 radical (unpaired) electrons. The number of nitrogens with two attached hydrogens (primary N) is 2. The Labute approximate surface area is 140 Å². The number of halogens is 1. The quantitative estimate of drug-likeness (QED) is 0.796. The second-order valence-corrected chi connectivity index (χ2v) is 8.95. The number of hydrogen-bond donors (Lipinski definition) is 2. The van der Waals surface area contributed by atoms with Crippen LogP contribution in [0.1, 0.15) is 11.1 Å². The van der Waals surface area contributed by atoms with Gasteiger partial charge in [0.2, 0.25) is 19.9 Å². The van der Waals surface area contributed by atoms with Crippen molar-refractivity contribution in [2.45, 2.75) is 28.5 Å². The Morgan fingerprint density at radius 2 is 1.52 bits per heavy atom. The summed E-state index contributed by atoms with van der Waals surface area (Å²) in [6.45, 7) is 3.16. The number of aryl methyl sites for hydroxylation is 1. The summed E-state index contributed by atoms with van der Waals surface area (Å²) in [5.41, 5.74) is 6.67. The van der Waals surface area contributed by atoms with Gasteiger partial charge in [-0.05, 0) is 49.2 Å². The van der Waals surface area contributed by atoms with Crippen molar-refractivity contribution in [1.29, 1.82) is 0 Å². The largest absolute Gasteiger partial charge is 0.399 e. The Bertz CT molecular complexity index is 1000. The zero-order valence-electron chi connectivity index (χ0n) is 12.4. The molecule has 0 heterocycles. The Kier molecular flexibility index (Phi) is 4.46. The number of nitrogen functional groups attached to an aromatic ring is 1. The number of benzene rings is 2. The third kappa shape index (κ3) is 3.35. The molecule has 0 aromatic heterocycles. The molecule has 0 spiro atoms. The van der Waals surface area contributed by atoms with Gasteiger partial charge in [-0.2, -0.15) is 0 Å². The summed E-state index contributed by atoms with van der Waals surface area (Å²) in [7, 11) is -8.39. The lowest BCUT2D eigenvalue weighted by atomic mass is 10.2. The zero-order valence-corrected chi connectivity index (χ0v) is 14.8. The summed E-state index contributed by atoms with van der Waals surface area (Å²) in [4.78, 5) is -1.02. The highest BCUT2D eigenvalue weighted by molar-refractivity contribution is 7.93. The van der Waals surface area contributed by atoms with Crippen LogP contribution < -0.4 is 10.9 Å². The van der Waals surface area contributed by atoms with Gasteiger partial charge in [0.25, 0.3) is 0 Å². The van der Waals surface area contributed by atoms with Gasteiger partial charge in [-0.1, -0.05) is 17.7 Å². The van der Waals surface area contributed by atoms with Crippen LogP contribution >= 0.6 is 11.6 Å². The van der Waals surface area contributed by atoms with E-state index in [0.717, 1.165) is 0 Å². The molecule has 0 atom stereocenters. The van der Waals surface area contributed by atoms with Crippen molar-refractivity contribution in [1.82, 2.24) is 0 Å². The van der Waals surface area contributed by atoms with Crippen LogP contribution in [0.4, 0.5) is 5.69 Å². The molecule has 2 aromatic rings. The van der Waals surface area contributed by atoms with Crippen LogP contribution in [-0.4, -0.2) is 16.8 Å². The van der Waals surface area contributed by atoms with Gasteiger partial charge in [-0.25, -0.2) is 22.0 Å². The fourth-order valence-corrected chi connectivity index (χ4v) is 5.41. The van der Waals surface area contributed by atoms with Crippen molar-refractivity contribution in [3.63, 3.8) is 0 Å². The Morgan fingerprint density at radius 1 is 0.913 bits per heavy atom. The molecule has 2 aromatic carbocycles. The van der Waals surface area contributed by atoms with Crippen LogP contribution in [-0.2, 0) is 19.9 Å². The van der Waals surface area contributed by atoms with Crippen molar-refractivity contribution >= 4 is 37.1 Å². The summed E-state index contributed by atoms with van der Waals surface area (Å²) >= 11 is 5.99. The molecule has 0 aliphatic carbocycles. The minimum Gasteiger partial charge on any atom is -0.399 e. The second-order valence-electron chi connectivity index (χ2n) is 5.12. The van der Waals surface area contributed by atoms with E-state index in [-0.39, 0.29) is 21.2 Å². The summed E-state index contributed by atoms with van der Waals surface area (Å²) in [6, 6.07) is 6.56. The SMILES string of the molecule is Cc1ccc(S(N)(=O)=O)c(S(=O)(=O)c2cc(N)cc(Cl)c2C)c1. The fraction of sp³-hybridized carbons (Fsp3) is 0.143. The summed E-state index contributed by atoms with van der Waals surface area (Å²) in [5, 5.41) is 5.31. The number of sulfonamides is 1. The zero-order chi connectivity index (χ0) is 17.6. The van der Waals surface area contributed by atoms with Gasteiger partial charge < -0.3 is 5.73 Å². The van der Waals surface area contributed by atoms with E-state index in [2.05, 4.69) is 0 Å². The van der Waals surface area contributed by atoms with Crippen molar-refractivity contribution in [3.8, 4) is 0 Å². The monoisotopic (exact) mass is 374 g/mol. The van der Waals surface area contributed by atoms with E-state index < -0.39 is 29.7 Å². The van der Waals surface area contributed by atoms with Crippen LogP contribution in [0, 0.1) is 13.8 Å². The maximum Gasteiger partial charge on any atom is 0.239 e. The molecule has 0 aliphatic heterocycles. The molecule has 9 heteroatoms. The lowest BCUT2D eigenvalue weighted by Gasteiger charge is -2.13. The molecule has 6 nitrogen and oxygen atoms in total. The second kappa shape index (κ2) is 5.79. The van der Waals surface area contributed by atoms with Gasteiger partial charge in [0, 0.05) is 10.7 Å². The molecule has 0 aliphatic rings. The Morgan fingerprint density at radius 3 is 2.09 bits per heavy atom. The molecule has 0 unspecified atom stereocenters. The molecule has 0 saturated heterocycles. The van der Waals surface area contributed by atoms with Crippen molar-refractivity contribution in [2.24, 2.45) is 5.14 Å². The molecule has 2 rings (SSSR count). The molecule has 4 N–H and O–H groups in total. The highest BCUT2D eigenvalue weighted by Gasteiger charge is 2.28. The van der Waals surface area contributed by atoms with E-state index in [1.165, 1.54) is 37.3 Å². The van der Waals surface area contributed by atoms with Gasteiger partial charge >= 0.3 is 0 Å². The maximum atomic E-state index is 12.9. The van der Waals surface area contributed by atoms with Gasteiger partial charge in [0.15, 0.2) is 0 Å². The first-order chi connectivity index (χ1) is 10.4. The third-order valence-corrected chi connectivity index (χ3v) is 6.71. The van der Waals surface area contributed by atoms with Crippen molar-refractivity contribution < 1.29 is 16.8 Å². The van der Waals surface area contributed by atoms with Gasteiger partial charge in [0.05, 0.1) is 9.79 Å². The molecule has 0 fully saturated rings. The third-order valence-electron chi connectivity index (χ3n) is 3.30. The number of anilines is 1. The van der Waals surface area contributed by atoms with Crippen LogP contribution in [0.5, 0.6) is 0 Å². The minimum atomic E-state index is -4.22. The molecule has 124 valence electrons. The first-order valence-corrected chi connectivity index (χ1v) is 9.79. The van der Waals surface area contributed by atoms with Gasteiger partial charge in [0.1, 0.15) is 4.90 Å². The van der Waals surface area contributed by atoms with E-state index in [4.69, 9.17) is 22.5 Å². The number of hydrogen-bond acceptors (Lipinski definition) is 5. The molecular formula is C14H15ClN2O4S2. The molecule has 0 bridgehead atoms. The van der Waals surface area contributed by atoms with E-state index in [0.29, 0.717) is 5.56 Å². The summed E-state index contributed by atoms with van der Waals surface area (Å²) in [6.07, 6.45) is 0. The van der Waals surface area contributed by atoms with E-state index >= 15 is 0 Å². The number of rotatable bonds is 3. The standard InChI is InChI=1S/C14H15ClN2O4S2/c1-8-3-4-12(23(17,20)21)14(5-8)22(18,19)13-7-10(16)6-11(15)9(13)2/h3-7H,16H2,1-2H3,(H2,17,20,21). The minimum absolute atomic E-state index is 0.155. The van der Waals surface area contributed by atoms with E-state index in [9.17, 15) is 16.8 Å². The number of sulfone groups is 1. The molecule has 0 amide bonds. The van der Waals surface area contributed by atoms with Crippen LogP contribution in [0.2, 0.25) is 5.02 Å². The van der Waals surface area contributed by atoms with Gasteiger partial charge in [-0.3, -0.25) is 0 Å². The summed E-state index contributed by atoms with van der Waals surface area (Å²) < 4.78 is 49.3. The highest BCUT2D eigenvalue weighted by Crippen LogP contribution is 2.33. The topological polar surface area (TPSA) is 120 Å². The van der Waals surface area contributed by atoms with Crippen molar-refractivity contribution in [3.05, 3.63) is 46.5 Å². The first-order valence-electron chi connectivity index (χ1n) is 6.39. The van der Waals surface area contributed by atoms with Crippen LogP contribution in [0.15, 0.2) is 45.0 Å². The Hall–Kier alpha value is -1.61. The van der Waals surface area contributed by atoms with Crippen molar-refractivity contribution in [2.75, 3.05) is 5.73 Å². The van der Waals surface area contributed by atoms with E-state index in [1.807, 2.05) is 0 Å². The lowest BCUT2D eigenvalue weighted by molar-refractivity contribution is 0.583. The lowest BCUT2D eigenvalue weighted by Crippen LogP contribution is -2.17. The molecule has 23 heavy (non-hydrogen) atoms. The fourth-order valence-electron chi connectivity index (χ4n) is 2.13. The molecule has 0 saturated carbocycles. The normalized spacial score (nSPS) is 12.3. The highest BCUT2D eigenvalue weighted by atomic mass is 35.5.